The van der Waals surface area contributed by atoms with Crippen LogP contribution in [0.4, 0.5) is 0 Å². The van der Waals surface area contributed by atoms with E-state index in [-0.39, 0.29) is 47.3 Å². The second-order valence-electron chi connectivity index (χ2n) is 7.56. The molecule has 202 valence electrons. The Morgan fingerprint density at radius 3 is 1.97 bits per heavy atom. The Kier molecular flexibility index (Phi) is 11.1. The lowest BCUT2D eigenvalue weighted by Gasteiger charge is -2.17. The van der Waals surface area contributed by atoms with Gasteiger partial charge in [-0.25, -0.2) is 9.59 Å². The van der Waals surface area contributed by atoms with Crippen molar-refractivity contribution in [3.8, 4) is 23.0 Å². The lowest BCUT2D eigenvalue weighted by molar-refractivity contribution is -0.137. The van der Waals surface area contributed by atoms with Gasteiger partial charge in [-0.05, 0) is 61.4 Å². The number of rotatable bonds is 11. The minimum absolute atomic E-state index is 0.0175. The summed E-state index contributed by atoms with van der Waals surface area (Å²) < 4.78 is 31.5. The summed E-state index contributed by atoms with van der Waals surface area (Å²) in [6.07, 6.45) is 4.19. The highest BCUT2D eigenvalue weighted by molar-refractivity contribution is 6.22. The van der Waals surface area contributed by atoms with Crippen molar-refractivity contribution < 1.29 is 47.6 Å². The number of ether oxygens (including phenoxy) is 6. The Morgan fingerprint density at radius 2 is 1.39 bits per heavy atom. The first-order valence-electron chi connectivity index (χ1n) is 11.6. The lowest BCUT2D eigenvalue weighted by atomic mass is 9.98. The largest absolute Gasteiger partial charge is 0.493 e. The van der Waals surface area contributed by atoms with Gasteiger partial charge in [0, 0.05) is 25.5 Å². The maximum Gasteiger partial charge on any atom is 0.338 e. The van der Waals surface area contributed by atoms with E-state index in [9.17, 15) is 19.2 Å². The molecule has 0 aromatic heterocycles. The van der Waals surface area contributed by atoms with Crippen molar-refractivity contribution in [2.75, 3.05) is 27.4 Å². The first kappa shape index (κ1) is 29.6. The molecule has 2 aromatic rings. The first-order chi connectivity index (χ1) is 18.1. The number of hydrogen-bond acceptors (Lipinski definition) is 10. The fourth-order valence-corrected chi connectivity index (χ4v) is 3.31. The van der Waals surface area contributed by atoms with Gasteiger partial charge in [0.1, 0.15) is 0 Å². The molecule has 0 spiro atoms. The zero-order valence-corrected chi connectivity index (χ0v) is 22.1. The molecule has 0 radical (unpaired) electrons. The molecule has 0 aliphatic heterocycles. The van der Waals surface area contributed by atoms with Crippen molar-refractivity contribution >= 4 is 41.6 Å². The van der Waals surface area contributed by atoms with E-state index in [1.807, 2.05) is 0 Å². The van der Waals surface area contributed by atoms with Crippen LogP contribution in [-0.4, -0.2) is 51.3 Å². The van der Waals surface area contributed by atoms with Crippen molar-refractivity contribution in [1.82, 2.24) is 0 Å². The molecule has 2 rings (SSSR count). The van der Waals surface area contributed by atoms with Gasteiger partial charge >= 0.3 is 23.9 Å². The Labute approximate surface area is 220 Å². The van der Waals surface area contributed by atoms with Gasteiger partial charge in [-0.3, -0.25) is 9.59 Å². The summed E-state index contributed by atoms with van der Waals surface area (Å²) in [5.74, 6) is -1.87. The smallest absolute Gasteiger partial charge is 0.338 e. The van der Waals surface area contributed by atoms with Gasteiger partial charge < -0.3 is 28.4 Å². The molecular formula is C28H30O10. The molecule has 0 bridgehead atoms. The third-order valence-corrected chi connectivity index (χ3v) is 4.78. The second kappa shape index (κ2) is 14.2. The molecule has 38 heavy (non-hydrogen) atoms. The zero-order valence-electron chi connectivity index (χ0n) is 22.1. The first-order valence-corrected chi connectivity index (χ1v) is 11.6. The molecule has 2 aromatic carbocycles. The van der Waals surface area contributed by atoms with Crippen LogP contribution in [0, 0.1) is 0 Å². The van der Waals surface area contributed by atoms with Crippen molar-refractivity contribution in [2.24, 2.45) is 0 Å². The lowest BCUT2D eigenvalue weighted by Crippen LogP contribution is -2.11. The quantitative estimate of drug-likeness (QED) is 0.182. The molecule has 0 saturated carbocycles. The van der Waals surface area contributed by atoms with Crippen molar-refractivity contribution in [2.45, 2.75) is 27.7 Å². The molecule has 0 unspecified atom stereocenters. The van der Waals surface area contributed by atoms with Crippen LogP contribution >= 0.6 is 0 Å². The molecule has 0 saturated heterocycles. The van der Waals surface area contributed by atoms with Crippen LogP contribution in [0.1, 0.15) is 44.4 Å². The molecule has 10 nitrogen and oxygen atoms in total. The standard InChI is InChI=1S/C28H30O10/c1-7-35-26(31)12-10-20-13-21(27(38-18(4)30)25(16-20)34-6)22(28(32)36-8-2)14-19-9-11-23(37-17(3)29)24(15-19)33-5/h9-16H,7-8H2,1-6H3/b12-10-,22-14-. The third-order valence-electron chi connectivity index (χ3n) is 4.78. The van der Waals surface area contributed by atoms with E-state index in [0.29, 0.717) is 11.1 Å². The highest BCUT2D eigenvalue weighted by atomic mass is 16.6. The highest BCUT2D eigenvalue weighted by Gasteiger charge is 2.24. The minimum atomic E-state index is -0.711. The van der Waals surface area contributed by atoms with E-state index < -0.39 is 23.9 Å². The molecule has 0 fully saturated rings. The maximum atomic E-state index is 13.2. The Bertz CT molecular complexity index is 1260. The summed E-state index contributed by atoms with van der Waals surface area (Å²) in [4.78, 5) is 48.3. The predicted octanol–water partition coefficient (Wildman–Crippen LogP) is 4.23. The number of esters is 4. The fraction of sp³-hybridized carbons (Fsp3) is 0.286. The molecule has 0 aliphatic rings. The normalized spacial score (nSPS) is 11.1. The minimum Gasteiger partial charge on any atom is -0.493 e. The summed E-state index contributed by atoms with van der Waals surface area (Å²) in [5.41, 5.74) is 1.14. The fourth-order valence-electron chi connectivity index (χ4n) is 3.31. The average Bonchev–Trinajstić information content (AvgIpc) is 2.87. The van der Waals surface area contributed by atoms with Gasteiger partial charge in [-0.2, -0.15) is 0 Å². The molecule has 0 atom stereocenters. The Hall–Kier alpha value is -4.60. The van der Waals surface area contributed by atoms with Gasteiger partial charge in [-0.15, -0.1) is 0 Å². The average molecular weight is 527 g/mol. The van der Waals surface area contributed by atoms with Gasteiger partial charge in [0.05, 0.1) is 33.0 Å². The van der Waals surface area contributed by atoms with Crippen molar-refractivity contribution in [3.63, 3.8) is 0 Å². The SMILES string of the molecule is CCOC(=O)/C=C\c1cc(OC)c(OC(C)=O)c(/C(=C/c2ccc(OC(C)=O)c(OC)c2)C(=O)OCC)c1. The van der Waals surface area contributed by atoms with E-state index in [1.54, 1.807) is 32.0 Å². The number of hydrogen-bond donors (Lipinski definition) is 0. The summed E-state index contributed by atoms with van der Waals surface area (Å²) in [5, 5.41) is 0. The van der Waals surface area contributed by atoms with Crippen molar-refractivity contribution in [1.29, 1.82) is 0 Å². The number of benzene rings is 2. The molecule has 0 amide bonds. The van der Waals surface area contributed by atoms with Crippen LogP contribution in [0.2, 0.25) is 0 Å². The van der Waals surface area contributed by atoms with Gasteiger partial charge in [-0.1, -0.05) is 6.07 Å². The molecular weight excluding hydrogens is 496 g/mol. The molecule has 0 N–H and O–H groups in total. The zero-order chi connectivity index (χ0) is 28.2. The van der Waals surface area contributed by atoms with Crippen LogP contribution in [0.5, 0.6) is 23.0 Å². The summed E-state index contributed by atoms with van der Waals surface area (Å²) in [6, 6.07) is 7.76. The van der Waals surface area contributed by atoms with Crippen LogP contribution in [0.3, 0.4) is 0 Å². The van der Waals surface area contributed by atoms with Gasteiger partial charge in [0.15, 0.2) is 23.0 Å². The third kappa shape index (κ3) is 8.22. The van der Waals surface area contributed by atoms with Crippen LogP contribution in [0.15, 0.2) is 36.4 Å². The van der Waals surface area contributed by atoms with E-state index in [1.165, 1.54) is 58.4 Å². The second-order valence-corrected chi connectivity index (χ2v) is 7.56. The Morgan fingerprint density at radius 1 is 0.763 bits per heavy atom. The van der Waals surface area contributed by atoms with E-state index in [4.69, 9.17) is 28.4 Å². The van der Waals surface area contributed by atoms with Gasteiger partial charge in [0.2, 0.25) is 0 Å². The molecule has 10 heteroatoms. The number of carbonyl (C=O) groups excluding carboxylic acids is 4. The molecule has 0 aliphatic carbocycles. The molecule has 0 heterocycles. The Balaban J connectivity index is 2.80. The number of carbonyl (C=O) groups is 4. The summed E-state index contributed by atoms with van der Waals surface area (Å²) >= 11 is 0. The number of methoxy groups -OCH3 is 2. The van der Waals surface area contributed by atoms with Crippen molar-refractivity contribution in [3.05, 3.63) is 53.1 Å². The van der Waals surface area contributed by atoms with E-state index >= 15 is 0 Å². The summed E-state index contributed by atoms with van der Waals surface area (Å²) in [6.45, 7) is 6.10. The maximum absolute atomic E-state index is 13.2. The van der Waals surface area contributed by atoms with E-state index in [2.05, 4.69) is 0 Å². The van der Waals surface area contributed by atoms with Gasteiger partial charge in [0.25, 0.3) is 0 Å². The highest BCUT2D eigenvalue weighted by Crippen LogP contribution is 2.39. The van der Waals surface area contributed by atoms with Crippen LogP contribution in [-0.2, 0) is 28.7 Å². The monoisotopic (exact) mass is 526 g/mol. The summed E-state index contributed by atoms with van der Waals surface area (Å²) in [7, 11) is 2.78. The van der Waals surface area contributed by atoms with Crippen LogP contribution in [0.25, 0.3) is 17.7 Å². The van der Waals surface area contributed by atoms with Crippen LogP contribution < -0.4 is 18.9 Å². The predicted molar refractivity (Wildman–Crippen MR) is 139 cm³/mol. The topological polar surface area (TPSA) is 124 Å². The van der Waals surface area contributed by atoms with E-state index in [0.717, 1.165) is 0 Å².